The zero-order valence-electron chi connectivity index (χ0n) is 12.4. The summed E-state index contributed by atoms with van der Waals surface area (Å²) >= 11 is 0. The average Bonchev–Trinajstić information content (AvgIpc) is 2.43. The molecule has 0 spiro atoms. The maximum Gasteiger partial charge on any atom is 0.0670 e. The summed E-state index contributed by atoms with van der Waals surface area (Å²) in [5.41, 5.74) is 8.44. The van der Waals surface area contributed by atoms with Crippen molar-refractivity contribution >= 4 is 11.4 Å². The SMILES string of the molecule is COCCN(c1ccc(N)c(CC#N)c1)C(C)COC. The minimum Gasteiger partial charge on any atom is -0.398 e. The molecule has 0 aliphatic rings. The Bertz CT molecular complexity index is 457. The third-order valence-corrected chi connectivity index (χ3v) is 3.20. The first-order valence-electron chi connectivity index (χ1n) is 6.63. The van der Waals surface area contributed by atoms with Crippen LogP contribution in [0.25, 0.3) is 0 Å². The number of rotatable bonds is 8. The van der Waals surface area contributed by atoms with Crippen molar-refractivity contribution in [1.29, 1.82) is 5.26 Å². The lowest BCUT2D eigenvalue weighted by Gasteiger charge is -2.31. The van der Waals surface area contributed by atoms with Gasteiger partial charge in [-0.2, -0.15) is 5.26 Å². The van der Waals surface area contributed by atoms with Gasteiger partial charge in [-0.15, -0.1) is 0 Å². The van der Waals surface area contributed by atoms with Gasteiger partial charge in [0, 0.05) is 38.2 Å². The molecule has 2 N–H and O–H groups in total. The van der Waals surface area contributed by atoms with Crippen molar-refractivity contribution in [2.24, 2.45) is 0 Å². The van der Waals surface area contributed by atoms with Gasteiger partial charge in [0.15, 0.2) is 0 Å². The Kier molecular flexibility index (Phi) is 6.85. The van der Waals surface area contributed by atoms with E-state index in [0.717, 1.165) is 17.8 Å². The Labute approximate surface area is 120 Å². The Hall–Kier alpha value is -1.77. The minimum atomic E-state index is 0.216. The molecule has 20 heavy (non-hydrogen) atoms. The predicted octanol–water partition coefficient (Wildman–Crippen LogP) is 1.82. The summed E-state index contributed by atoms with van der Waals surface area (Å²) in [5, 5.41) is 8.85. The first-order chi connectivity index (χ1) is 9.63. The van der Waals surface area contributed by atoms with Crippen molar-refractivity contribution in [1.82, 2.24) is 0 Å². The van der Waals surface area contributed by atoms with E-state index in [2.05, 4.69) is 17.9 Å². The van der Waals surface area contributed by atoms with Gasteiger partial charge >= 0.3 is 0 Å². The molecule has 1 rings (SSSR count). The molecule has 0 saturated carbocycles. The van der Waals surface area contributed by atoms with E-state index in [1.165, 1.54) is 0 Å². The highest BCUT2D eigenvalue weighted by atomic mass is 16.5. The number of nitrogen functional groups attached to an aromatic ring is 1. The Balaban J connectivity index is 3.00. The molecule has 1 aromatic rings. The van der Waals surface area contributed by atoms with Gasteiger partial charge < -0.3 is 20.1 Å². The van der Waals surface area contributed by atoms with Crippen LogP contribution < -0.4 is 10.6 Å². The Morgan fingerprint density at radius 1 is 1.35 bits per heavy atom. The van der Waals surface area contributed by atoms with Crippen LogP contribution in [0.4, 0.5) is 11.4 Å². The number of nitriles is 1. The van der Waals surface area contributed by atoms with E-state index in [-0.39, 0.29) is 6.04 Å². The summed E-state index contributed by atoms with van der Waals surface area (Å²) in [6.07, 6.45) is 0.316. The fourth-order valence-electron chi connectivity index (χ4n) is 2.13. The van der Waals surface area contributed by atoms with Crippen LogP contribution in [0.3, 0.4) is 0 Å². The van der Waals surface area contributed by atoms with Crippen LogP contribution in [0.1, 0.15) is 12.5 Å². The van der Waals surface area contributed by atoms with Crippen LogP contribution in [-0.2, 0) is 15.9 Å². The van der Waals surface area contributed by atoms with Gasteiger partial charge in [-0.25, -0.2) is 0 Å². The smallest absolute Gasteiger partial charge is 0.0670 e. The lowest BCUT2D eigenvalue weighted by atomic mass is 10.1. The van der Waals surface area contributed by atoms with E-state index in [4.69, 9.17) is 20.5 Å². The highest BCUT2D eigenvalue weighted by Gasteiger charge is 2.15. The van der Waals surface area contributed by atoms with Crippen molar-refractivity contribution in [3.8, 4) is 6.07 Å². The number of nitrogens with zero attached hydrogens (tertiary/aromatic N) is 2. The van der Waals surface area contributed by atoms with Crippen LogP contribution in [0.5, 0.6) is 0 Å². The van der Waals surface area contributed by atoms with Gasteiger partial charge in [0.25, 0.3) is 0 Å². The van der Waals surface area contributed by atoms with Crippen LogP contribution in [0.15, 0.2) is 18.2 Å². The van der Waals surface area contributed by atoms with Crippen molar-refractivity contribution in [2.75, 3.05) is 44.6 Å². The fourth-order valence-corrected chi connectivity index (χ4v) is 2.13. The molecule has 1 aromatic carbocycles. The van der Waals surface area contributed by atoms with Gasteiger partial charge in [-0.05, 0) is 30.7 Å². The zero-order chi connectivity index (χ0) is 15.0. The number of hydrogen-bond donors (Lipinski definition) is 1. The predicted molar refractivity (Wildman–Crippen MR) is 80.7 cm³/mol. The van der Waals surface area contributed by atoms with Gasteiger partial charge in [0.1, 0.15) is 0 Å². The minimum absolute atomic E-state index is 0.216. The second-order valence-electron chi connectivity index (χ2n) is 4.71. The first-order valence-corrected chi connectivity index (χ1v) is 6.63. The zero-order valence-corrected chi connectivity index (χ0v) is 12.4. The third-order valence-electron chi connectivity index (χ3n) is 3.20. The standard InChI is InChI=1S/C15H23N3O2/c1-12(11-20-3)18(8-9-19-2)14-4-5-15(17)13(10-14)6-7-16/h4-5,10,12H,6,8-9,11,17H2,1-3H3. The van der Waals surface area contributed by atoms with Crippen LogP contribution >= 0.6 is 0 Å². The monoisotopic (exact) mass is 277 g/mol. The molecule has 0 radical (unpaired) electrons. The van der Waals surface area contributed by atoms with E-state index in [1.807, 2.05) is 18.2 Å². The normalized spacial score (nSPS) is 11.9. The summed E-state index contributed by atoms with van der Waals surface area (Å²) in [6, 6.07) is 8.15. The van der Waals surface area contributed by atoms with E-state index < -0.39 is 0 Å². The molecule has 0 saturated heterocycles. The number of ether oxygens (including phenoxy) is 2. The summed E-state index contributed by atoms with van der Waals surface area (Å²) in [6.45, 7) is 4.12. The van der Waals surface area contributed by atoms with Gasteiger partial charge in [0.2, 0.25) is 0 Å². The second-order valence-corrected chi connectivity index (χ2v) is 4.71. The third kappa shape index (κ3) is 4.41. The number of hydrogen-bond acceptors (Lipinski definition) is 5. The molecule has 0 aliphatic heterocycles. The fraction of sp³-hybridized carbons (Fsp3) is 0.533. The van der Waals surface area contributed by atoms with Crippen LogP contribution in [0.2, 0.25) is 0 Å². The van der Waals surface area contributed by atoms with Crippen molar-refractivity contribution in [2.45, 2.75) is 19.4 Å². The quantitative estimate of drug-likeness (QED) is 0.734. The number of anilines is 2. The molecule has 1 unspecified atom stereocenters. The van der Waals surface area contributed by atoms with Crippen molar-refractivity contribution in [3.63, 3.8) is 0 Å². The van der Waals surface area contributed by atoms with Gasteiger partial charge in [-0.1, -0.05) is 0 Å². The summed E-state index contributed by atoms with van der Waals surface area (Å²) < 4.78 is 10.4. The molecule has 0 aliphatic carbocycles. The molecular weight excluding hydrogens is 254 g/mol. The van der Waals surface area contributed by atoms with E-state index >= 15 is 0 Å². The highest BCUT2D eigenvalue weighted by Crippen LogP contribution is 2.23. The molecule has 110 valence electrons. The molecular formula is C15H23N3O2. The van der Waals surface area contributed by atoms with E-state index in [9.17, 15) is 0 Å². The molecule has 0 fully saturated rings. The topological polar surface area (TPSA) is 71.5 Å². The van der Waals surface area contributed by atoms with E-state index in [0.29, 0.717) is 25.3 Å². The summed E-state index contributed by atoms with van der Waals surface area (Å²) in [4.78, 5) is 2.20. The second kappa shape index (κ2) is 8.41. The Morgan fingerprint density at radius 2 is 2.10 bits per heavy atom. The molecule has 5 nitrogen and oxygen atoms in total. The molecule has 0 amide bonds. The maximum absolute atomic E-state index is 8.85. The lowest BCUT2D eigenvalue weighted by molar-refractivity contribution is 0.171. The molecule has 1 atom stereocenters. The summed E-state index contributed by atoms with van der Waals surface area (Å²) in [7, 11) is 3.37. The molecule has 0 bridgehead atoms. The largest absolute Gasteiger partial charge is 0.398 e. The number of nitrogens with two attached hydrogens (primary N) is 1. The van der Waals surface area contributed by atoms with E-state index in [1.54, 1.807) is 14.2 Å². The molecule has 5 heteroatoms. The van der Waals surface area contributed by atoms with Crippen molar-refractivity contribution < 1.29 is 9.47 Å². The molecule has 0 heterocycles. The van der Waals surface area contributed by atoms with Crippen LogP contribution in [0, 0.1) is 11.3 Å². The average molecular weight is 277 g/mol. The number of methoxy groups -OCH3 is 2. The molecule has 0 aromatic heterocycles. The lowest BCUT2D eigenvalue weighted by Crippen LogP contribution is -2.38. The number of benzene rings is 1. The van der Waals surface area contributed by atoms with Crippen molar-refractivity contribution in [3.05, 3.63) is 23.8 Å². The van der Waals surface area contributed by atoms with Gasteiger partial charge in [0.05, 0.1) is 25.7 Å². The summed E-state index contributed by atoms with van der Waals surface area (Å²) in [5.74, 6) is 0. The highest BCUT2D eigenvalue weighted by molar-refractivity contribution is 5.59. The van der Waals surface area contributed by atoms with Crippen LogP contribution in [-0.4, -0.2) is 40.0 Å². The van der Waals surface area contributed by atoms with Gasteiger partial charge in [-0.3, -0.25) is 0 Å². The first kappa shape index (κ1) is 16.3. The Morgan fingerprint density at radius 3 is 2.70 bits per heavy atom. The maximum atomic E-state index is 8.85.